The van der Waals surface area contributed by atoms with Crippen LogP contribution in [-0.2, 0) is 9.53 Å². The van der Waals surface area contributed by atoms with E-state index < -0.39 is 12.1 Å². The van der Waals surface area contributed by atoms with E-state index in [2.05, 4.69) is 0 Å². The monoisotopic (exact) mass is 280 g/mol. The Morgan fingerprint density at radius 1 is 1.25 bits per heavy atom. The molecule has 1 saturated carbocycles. The van der Waals surface area contributed by atoms with E-state index in [1.54, 1.807) is 31.4 Å². The molecule has 0 heterocycles. The fourth-order valence-corrected chi connectivity index (χ4v) is 2.25. The van der Waals surface area contributed by atoms with Crippen LogP contribution in [0.3, 0.4) is 0 Å². The minimum Gasteiger partial charge on any atom is -0.497 e. The number of rotatable bonds is 7. The number of carboxylic acid groups (broad SMARTS) is 1. The molecule has 0 unspecified atom stereocenters. The molecule has 1 aliphatic rings. The fraction of sp³-hybridized carbons (Fsp3) is 0.533. The van der Waals surface area contributed by atoms with Gasteiger partial charge < -0.3 is 19.3 Å². The molecule has 0 bridgehead atoms. The topological polar surface area (TPSA) is 65.0 Å². The lowest BCUT2D eigenvalue weighted by molar-refractivity contribution is -0.149. The first-order valence-electron chi connectivity index (χ1n) is 6.84. The fourth-order valence-electron chi connectivity index (χ4n) is 2.25. The van der Waals surface area contributed by atoms with E-state index in [4.69, 9.17) is 14.2 Å². The third kappa shape index (κ3) is 4.13. The van der Waals surface area contributed by atoms with Crippen molar-refractivity contribution in [1.82, 2.24) is 0 Å². The summed E-state index contributed by atoms with van der Waals surface area (Å²) in [6, 6.07) is 6.83. The average Bonchev–Trinajstić information content (AvgIpc) is 2.97. The molecule has 0 saturated heterocycles. The molecule has 1 N–H and O–H groups in total. The molecular weight excluding hydrogens is 260 g/mol. The molecule has 0 spiro atoms. The summed E-state index contributed by atoms with van der Waals surface area (Å²) in [5, 5.41) is 9.18. The van der Waals surface area contributed by atoms with Crippen LogP contribution >= 0.6 is 0 Å². The second-order valence-corrected chi connectivity index (χ2v) is 4.86. The Kier molecular flexibility index (Phi) is 5.24. The highest BCUT2D eigenvalue weighted by Crippen LogP contribution is 2.22. The largest absolute Gasteiger partial charge is 0.497 e. The standard InChI is InChI=1S/C15H20O5/c1-18-11-6-8-13(9-7-11)20-14(15(16)17)10-19-12-4-2-3-5-12/h6-9,12,14H,2-5,10H2,1H3,(H,16,17)/t14-/m0/s1. The van der Waals surface area contributed by atoms with Crippen molar-refractivity contribution < 1.29 is 24.1 Å². The Labute approximate surface area is 118 Å². The molecule has 5 nitrogen and oxygen atoms in total. The number of carbonyl (C=O) groups is 1. The first-order valence-corrected chi connectivity index (χ1v) is 6.84. The zero-order valence-corrected chi connectivity index (χ0v) is 11.6. The van der Waals surface area contributed by atoms with Gasteiger partial charge in [-0.2, -0.15) is 0 Å². The van der Waals surface area contributed by atoms with Crippen molar-refractivity contribution in [2.45, 2.75) is 37.9 Å². The van der Waals surface area contributed by atoms with Gasteiger partial charge >= 0.3 is 5.97 Å². The Balaban J connectivity index is 1.88. The molecule has 110 valence electrons. The van der Waals surface area contributed by atoms with Crippen LogP contribution in [-0.4, -0.2) is 37.0 Å². The van der Waals surface area contributed by atoms with Crippen LogP contribution in [0.5, 0.6) is 11.5 Å². The number of hydrogen-bond donors (Lipinski definition) is 1. The lowest BCUT2D eigenvalue weighted by Gasteiger charge is -2.18. The van der Waals surface area contributed by atoms with Gasteiger partial charge in [-0.05, 0) is 37.1 Å². The van der Waals surface area contributed by atoms with Crippen LogP contribution in [0.15, 0.2) is 24.3 Å². The van der Waals surface area contributed by atoms with Crippen molar-refractivity contribution in [3.05, 3.63) is 24.3 Å². The molecule has 2 rings (SSSR count). The maximum Gasteiger partial charge on any atom is 0.347 e. The summed E-state index contributed by atoms with van der Waals surface area (Å²) in [7, 11) is 1.57. The van der Waals surface area contributed by atoms with Gasteiger partial charge in [0.2, 0.25) is 6.10 Å². The highest BCUT2D eigenvalue weighted by molar-refractivity contribution is 5.72. The number of carboxylic acids is 1. The van der Waals surface area contributed by atoms with Gasteiger partial charge in [0.05, 0.1) is 19.8 Å². The van der Waals surface area contributed by atoms with E-state index in [0.717, 1.165) is 25.7 Å². The van der Waals surface area contributed by atoms with Gasteiger partial charge in [0.15, 0.2) is 0 Å². The molecule has 0 radical (unpaired) electrons. The maximum atomic E-state index is 11.2. The number of aliphatic carboxylic acids is 1. The van der Waals surface area contributed by atoms with Crippen LogP contribution in [0.4, 0.5) is 0 Å². The second-order valence-electron chi connectivity index (χ2n) is 4.86. The normalized spacial score (nSPS) is 16.9. The second kappa shape index (κ2) is 7.14. The van der Waals surface area contributed by atoms with Crippen molar-refractivity contribution in [3.8, 4) is 11.5 Å². The lowest BCUT2D eigenvalue weighted by atomic mass is 10.3. The molecular formula is C15H20O5. The molecule has 1 fully saturated rings. The Bertz CT molecular complexity index is 422. The summed E-state index contributed by atoms with van der Waals surface area (Å²) in [6.45, 7) is 0.0754. The Morgan fingerprint density at radius 2 is 1.85 bits per heavy atom. The van der Waals surface area contributed by atoms with E-state index in [0.29, 0.717) is 11.5 Å². The van der Waals surface area contributed by atoms with E-state index >= 15 is 0 Å². The summed E-state index contributed by atoms with van der Waals surface area (Å²) in [5.74, 6) is 0.179. The zero-order chi connectivity index (χ0) is 14.4. The van der Waals surface area contributed by atoms with Crippen LogP contribution in [0.1, 0.15) is 25.7 Å². The van der Waals surface area contributed by atoms with Gasteiger partial charge in [-0.1, -0.05) is 12.8 Å². The Morgan fingerprint density at radius 3 is 2.40 bits per heavy atom. The number of ether oxygens (including phenoxy) is 3. The number of hydrogen-bond acceptors (Lipinski definition) is 4. The van der Waals surface area contributed by atoms with E-state index in [1.807, 2.05) is 0 Å². The van der Waals surface area contributed by atoms with Crippen molar-refractivity contribution in [3.63, 3.8) is 0 Å². The average molecular weight is 280 g/mol. The van der Waals surface area contributed by atoms with Gasteiger partial charge in [0.25, 0.3) is 0 Å². The molecule has 1 aliphatic carbocycles. The third-order valence-electron chi connectivity index (χ3n) is 3.40. The Hall–Kier alpha value is -1.75. The maximum absolute atomic E-state index is 11.2. The molecule has 1 atom stereocenters. The van der Waals surface area contributed by atoms with Crippen molar-refractivity contribution in [2.75, 3.05) is 13.7 Å². The molecule has 0 amide bonds. The van der Waals surface area contributed by atoms with E-state index in [-0.39, 0.29) is 12.7 Å². The molecule has 1 aromatic carbocycles. The van der Waals surface area contributed by atoms with Crippen LogP contribution in [0, 0.1) is 0 Å². The molecule has 0 aromatic heterocycles. The van der Waals surface area contributed by atoms with Gasteiger partial charge in [-0.15, -0.1) is 0 Å². The minimum absolute atomic E-state index is 0.0754. The van der Waals surface area contributed by atoms with Crippen LogP contribution < -0.4 is 9.47 Å². The lowest BCUT2D eigenvalue weighted by Crippen LogP contribution is -2.33. The van der Waals surface area contributed by atoms with Crippen molar-refractivity contribution in [1.29, 1.82) is 0 Å². The predicted octanol–water partition coefficient (Wildman–Crippen LogP) is 2.49. The molecule has 1 aromatic rings. The first kappa shape index (κ1) is 14.7. The first-order chi connectivity index (χ1) is 9.69. The quantitative estimate of drug-likeness (QED) is 0.831. The van der Waals surface area contributed by atoms with Crippen molar-refractivity contribution >= 4 is 5.97 Å². The van der Waals surface area contributed by atoms with Gasteiger partial charge in [-0.3, -0.25) is 0 Å². The zero-order valence-electron chi connectivity index (χ0n) is 11.6. The third-order valence-corrected chi connectivity index (χ3v) is 3.40. The summed E-state index contributed by atoms with van der Waals surface area (Å²) in [4.78, 5) is 11.2. The van der Waals surface area contributed by atoms with Crippen LogP contribution in [0.2, 0.25) is 0 Å². The van der Waals surface area contributed by atoms with Gasteiger partial charge in [0.1, 0.15) is 11.5 Å². The minimum atomic E-state index is -1.01. The molecule has 20 heavy (non-hydrogen) atoms. The summed E-state index contributed by atoms with van der Waals surface area (Å²) in [5.41, 5.74) is 0. The predicted molar refractivity (Wildman–Crippen MR) is 73.3 cm³/mol. The summed E-state index contributed by atoms with van der Waals surface area (Å²) >= 11 is 0. The van der Waals surface area contributed by atoms with E-state index in [1.165, 1.54) is 0 Å². The summed E-state index contributed by atoms with van der Waals surface area (Å²) in [6.07, 6.45) is 3.52. The summed E-state index contributed by atoms with van der Waals surface area (Å²) < 4.78 is 16.1. The number of benzene rings is 1. The SMILES string of the molecule is COc1ccc(O[C@@H](COC2CCCC2)C(=O)O)cc1. The van der Waals surface area contributed by atoms with Crippen LogP contribution in [0.25, 0.3) is 0 Å². The van der Waals surface area contributed by atoms with Gasteiger partial charge in [0, 0.05) is 0 Å². The smallest absolute Gasteiger partial charge is 0.347 e. The molecule has 0 aliphatic heterocycles. The van der Waals surface area contributed by atoms with E-state index in [9.17, 15) is 9.90 Å². The van der Waals surface area contributed by atoms with Gasteiger partial charge in [-0.25, -0.2) is 4.79 Å². The van der Waals surface area contributed by atoms with Crippen molar-refractivity contribution in [2.24, 2.45) is 0 Å². The number of methoxy groups -OCH3 is 1. The highest BCUT2D eigenvalue weighted by Gasteiger charge is 2.23. The molecule has 5 heteroatoms. The highest BCUT2D eigenvalue weighted by atomic mass is 16.6.